The van der Waals surface area contributed by atoms with Crippen molar-refractivity contribution in [2.45, 2.75) is 20.0 Å². The molecule has 0 spiro atoms. The number of ketones is 1. The molecule has 0 saturated heterocycles. The number of hydrogen-bond donors (Lipinski definition) is 1. The maximum Gasteiger partial charge on any atom is 0.266 e. The summed E-state index contributed by atoms with van der Waals surface area (Å²) in [4.78, 5) is 27.6. The first-order valence-corrected chi connectivity index (χ1v) is 10.6. The Bertz CT molecular complexity index is 1260. The molecule has 162 valence electrons. The van der Waals surface area contributed by atoms with Crippen LogP contribution in [0.3, 0.4) is 0 Å². The Morgan fingerprint density at radius 3 is 2.45 bits per heavy atom. The number of thiazole rings is 1. The van der Waals surface area contributed by atoms with E-state index in [-0.39, 0.29) is 17.4 Å². The van der Waals surface area contributed by atoms with E-state index in [1.54, 1.807) is 49.6 Å². The summed E-state index contributed by atoms with van der Waals surface area (Å²) < 4.78 is 17.1. The van der Waals surface area contributed by atoms with E-state index in [4.69, 9.17) is 25.8 Å². The summed E-state index contributed by atoms with van der Waals surface area (Å²) in [7, 11) is 3.09. The Morgan fingerprint density at radius 2 is 1.84 bits per heavy atom. The van der Waals surface area contributed by atoms with Crippen molar-refractivity contribution in [3.8, 4) is 17.2 Å². The molecule has 3 aromatic rings. The quantitative estimate of drug-likeness (QED) is 0.548. The highest BCUT2D eigenvalue weighted by Crippen LogP contribution is 2.37. The van der Waals surface area contributed by atoms with Crippen LogP contribution in [0.5, 0.6) is 17.2 Å². The van der Waals surface area contributed by atoms with Crippen molar-refractivity contribution in [2.24, 2.45) is 0 Å². The number of methoxy groups -OCH3 is 2. The number of aromatic amines is 1. The monoisotopic (exact) mass is 459 g/mol. The number of aromatic nitrogens is 1. The average molecular weight is 460 g/mol. The van der Waals surface area contributed by atoms with Crippen LogP contribution in [0.25, 0.3) is 12.2 Å². The zero-order valence-electron chi connectivity index (χ0n) is 17.5. The van der Waals surface area contributed by atoms with Crippen LogP contribution in [0, 0.1) is 0 Å². The number of ether oxygens (including phenoxy) is 3. The van der Waals surface area contributed by atoms with Crippen LogP contribution in [-0.4, -0.2) is 31.1 Å². The van der Waals surface area contributed by atoms with E-state index in [2.05, 4.69) is 4.98 Å². The molecule has 0 fully saturated rings. The third kappa shape index (κ3) is 5.57. The summed E-state index contributed by atoms with van der Waals surface area (Å²) in [6.45, 7) is 3.79. The fourth-order valence-electron chi connectivity index (χ4n) is 2.81. The van der Waals surface area contributed by atoms with Crippen molar-refractivity contribution < 1.29 is 19.0 Å². The molecule has 0 saturated carbocycles. The van der Waals surface area contributed by atoms with Gasteiger partial charge in [0.15, 0.2) is 17.3 Å². The fourth-order valence-corrected chi connectivity index (χ4v) is 3.96. The van der Waals surface area contributed by atoms with Gasteiger partial charge in [0, 0.05) is 11.6 Å². The number of H-pyrrole nitrogens is 1. The Labute approximate surface area is 188 Å². The van der Waals surface area contributed by atoms with Crippen LogP contribution < -0.4 is 29.0 Å². The summed E-state index contributed by atoms with van der Waals surface area (Å²) in [5, 5.41) is 0.383. The molecule has 8 heteroatoms. The molecule has 1 aromatic heterocycles. The van der Waals surface area contributed by atoms with E-state index in [1.165, 1.54) is 24.5 Å². The summed E-state index contributed by atoms with van der Waals surface area (Å²) in [5.41, 5.74) is 0.882. The summed E-state index contributed by atoms with van der Waals surface area (Å²) in [5.74, 6) is 1.38. The lowest BCUT2D eigenvalue weighted by molar-refractivity contribution is 0.106. The minimum atomic E-state index is -0.295. The second-order valence-corrected chi connectivity index (χ2v) is 8.36. The van der Waals surface area contributed by atoms with Gasteiger partial charge in [-0.25, -0.2) is 0 Å². The number of rotatable bonds is 7. The lowest BCUT2D eigenvalue weighted by Crippen LogP contribution is -2.20. The predicted molar refractivity (Wildman–Crippen MR) is 123 cm³/mol. The number of Topliss-reactive ketones (excluding diaryl/α,β-unsaturated/α-hetero) is 1. The topological polar surface area (TPSA) is 77.6 Å². The zero-order chi connectivity index (χ0) is 22.5. The number of benzene rings is 2. The first kappa shape index (κ1) is 22.7. The fraction of sp³-hybridized carbons (Fsp3) is 0.217. The third-order valence-corrected chi connectivity index (χ3v) is 5.46. The van der Waals surface area contributed by atoms with E-state index in [0.29, 0.717) is 42.6 Å². The smallest absolute Gasteiger partial charge is 0.266 e. The van der Waals surface area contributed by atoms with Crippen LogP contribution in [0.15, 0.2) is 41.2 Å². The highest BCUT2D eigenvalue weighted by Gasteiger charge is 2.13. The van der Waals surface area contributed by atoms with E-state index in [9.17, 15) is 9.59 Å². The molecule has 6 nitrogen and oxygen atoms in total. The van der Waals surface area contributed by atoms with Gasteiger partial charge in [0.05, 0.1) is 34.5 Å². The van der Waals surface area contributed by atoms with Crippen LogP contribution in [-0.2, 0) is 0 Å². The molecule has 1 N–H and O–H groups in total. The summed E-state index contributed by atoms with van der Waals surface area (Å²) >= 11 is 7.54. The largest absolute Gasteiger partial charge is 0.497 e. The Balaban J connectivity index is 1.96. The van der Waals surface area contributed by atoms with Gasteiger partial charge in [-0.2, -0.15) is 0 Å². The molecule has 3 rings (SSSR count). The maximum absolute atomic E-state index is 12.5. The SMILES string of the molecule is COc1ccc(C(=O)/C=c2\[nH]c(=O)/c(=C\c3cc(Cl)c(OC(C)C)c(OC)c3)s2)cc1. The van der Waals surface area contributed by atoms with Gasteiger partial charge in [-0.05, 0) is 61.9 Å². The van der Waals surface area contributed by atoms with E-state index in [1.807, 2.05) is 13.8 Å². The molecule has 0 bridgehead atoms. The second-order valence-electron chi connectivity index (χ2n) is 6.87. The summed E-state index contributed by atoms with van der Waals surface area (Å²) in [6, 6.07) is 10.2. The van der Waals surface area contributed by atoms with Gasteiger partial charge in [0.1, 0.15) is 5.75 Å². The molecular weight excluding hydrogens is 438 g/mol. The van der Waals surface area contributed by atoms with Gasteiger partial charge in [-0.1, -0.05) is 11.6 Å². The van der Waals surface area contributed by atoms with Gasteiger partial charge in [0.25, 0.3) is 5.56 Å². The van der Waals surface area contributed by atoms with Crippen LogP contribution in [0.4, 0.5) is 0 Å². The molecule has 2 aromatic carbocycles. The van der Waals surface area contributed by atoms with Crippen LogP contribution >= 0.6 is 22.9 Å². The highest BCUT2D eigenvalue weighted by molar-refractivity contribution is 7.07. The second kappa shape index (κ2) is 9.85. The maximum atomic E-state index is 12.5. The molecule has 0 aliphatic carbocycles. The number of hydrogen-bond acceptors (Lipinski definition) is 6. The number of carbonyl (C=O) groups excluding carboxylic acids is 1. The van der Waals surface area contributed by atoms with Crippen molar-refractivity contribution in [3.05, 3.63) is 72.1 Å². The van der Waals surface area contributed by atoms with Gasteiger partial charge >= 0.3 is 0 Å². The lowest BCUT2D eigenvalue weighted by Gasteiger charge is -2.15. The molecule has 0 aliphatic heterocycles. The van der Waals surface area contributed by atoms with Crippen LogP contribution in [0.2, 0.25) is 5.02 Å². The molecule has 1 heterocycles. The average Bonchev–Trinajstić information content (AvgIpc) is 3.08. The number of nitrogens with one attached hydrogen (secondary N) is 1. The van der Waals surface area contributed by atoms with Crippen LogP contribution in [0.1, 0.15) is 29.8 Å². The van der Waals surface area contributed by atoms with Crippen molar-refractivity contribution in [1.29, 1.82) is 0 Å². The Morgan fingerprint density at radius 1 is 1.13 bits per heavy atom. The number of carbonyl (C=O) groups is 1. The molecule has 31 heavy (non-hydrogen) atoms. The van der Waals surface area contributed by atoms with Gasteiger partial charge in [0.2, 0.25) is 0 Å². The minimum absolute atomic E-state index is 0.0669. The Hall–Kier alpha value is -3.03. The van der Waals surface area contributed by atoms with Gasteiger partial charge < -0.3 is 19.2 Å². The zero-order valence-corrected chi connectivity index (χ0v) is 19.1. The lowest BCUT2D eigenvalue weighted by atomic mass is 10.1. The van der Waals surface area contributed by atoms with Crippen molar-refractivity contribution in [3.63, 3.8) is 0 Å². The van der Waals surface area contributed by atoms with Gasteiger partial charge in [-0.3, -0.25) is 9.59 Å². The summed E-state index contributed by atoms with van der Waals surface area (Å²) in [6.07, 6.45) is 3.02. The van der Waals surface area contributed by atoms with Crippen molar-refractivity contribution in [1.82, 2.24) is 4.98 Å². The first-order chi connectivity index (χ1) is 14.8. The molecule has 0 unspecified atom stereocenters. The standard InChI is InChI=1S/C23H22ClNO5S/c1-13(2)30-22-17(24)9-14(10-19(22)29-4)11-20-23(27)25-21(31-20)12-18(26)15-5-7-16(28-3)8-6-15/h5-13H,1-4H3,(H,25,27)/b20-11+,21-12+. The Kier molecular flexibility index (Phi) is 7.20. The van der Waals surface area contributed by atoms with E-state index in [0.717, 1.165) is 0 Å². The molecule has 0 aliphatic rings. The van der Waals surface area contributed by atoms with Crippen molar-refractivity contribution in [2.75, 3.05) is 14.2 Å². The molecule has 0 atom stereocenters. The predicted octanol–water partition coefficient (Wildman–Crippen LogP) is 3.39. The van der Waals surface area contributed by atoms with Crippen molar-refractivity contribution >= 4 is 40.9 Å². The third-order valence-electron chi connectivity index (χ3n) is 4.22. The molecular formula is C23H22ClNO5S. The minimum Gasteiger partial charge on any atom is -0.497 e. The van der Waals surface area contributed by atoms with E-state index < -0.39 is 0 Å². The first-order valence-electron chi connectivity index (χ1n) is 9.46. The molecule has 0 amide bonds. The molecule has 0 radical (unpaired) electrons. The van der Waals surface area contributed by atoms with E-state index >= 15 is 0 Å². The normalized spacial score (nSPS) is 12.3. The van der Waals surface area contributed by atoms with Gasteiger partial charge in [-0.15, -0.1) is 11.3 Å². The number of halogens is 1. The highest BCUT2D eigenvalue weighted by atomic mass is 35.5.